The molecular formula is C13H25N7O2S. The average Bonchev–Trinajstić information content (AvgIpc) is 2.53. The SMILES string of the molecule is CN(C)c1nc(CNS(=O)(=O)N(C)C)nc(N2CCCCC2)n1. The summed E-state index contributed by atoms with van der Waals surface area (Å²) >= 11 is 0. The van der Waals surface area contributed by atoms with Crippen LogP contribution in [0.5, 0.6) is 0 Å². The van der Waals surface area contributed by atoms with Crippen LogP contribution in [0.1, 0.15) is 25.1 Å². The number of hydrogen-bond acceptors (Lipinski definition) is 7. The quantitative estimate of drug-likeness (QED) is 0.766. The Morgan fingerprint density at radius 1 is 1.04 bits per heavy atom. The highest BCUT2D eigenvalue weighted by Crippen LogP contribution is 2.17. The van der Waals surface area contributed by atoms with Crippen LogP contribution in [-0.2, 0) is 16.8 Å². The summed E-state index contributed by atoms with van der Waals surface area (Å²) in [5.74, 6) is 1.55. The van der Waals surface area contributed by atoms with Crippen molar-refractivity contribution in [2.45, 2.75) is 25.8 Å². The van der Waals surface area contributed by atoms with Crippen molar-refractivity contribution in [2.75, 3.05) is 51.1 Å². The summed E-state index contributed by atoms with van der Waals surface area (Å²) in [6.45, 7) is 1.87. The Kier molecular flexibility index (Phi) is 5.71. The summed E-state index contributed by atoms with van der Waals surface area (Å²) in [6, 6.07) is 0. The van der Waals surface area contributed by atoms with Gasteiger partial charge in [-0.05, 0) is 19.3 Å². The average molecular weight is 343 g/mol. The monoisotopic (exact) mass is 343 g/mol. The molecular weight excluding hydrogens is 318 g/mol. The molecule has 1 saturated heterocycles. The standard InChI is InChI=1S/C13H25N7O2S/c1-18(2)12-15-11(10-14-23(21,22)19(3)4)16-13(17-12)20-8-6-5-7-9-20/h14H,5-10H2,1-4H3. The lowest BCUT2D eigenvalue weighted by atomic mass is 10.1. The van der Waals surface area contributed by atoms with Crippen LogP contribution in [0.15, 0.2) is 0 Å². The Balaban J connectivity index is 2.22. The van der Waals surface area contributed by atoms with Gasteiger partial charge in [0.25, 0.3) is 10.2 Å². The zero-order valence-corrected chi connectivity index (χ0v) is 15.0. The van der Waals surface area contributed by atoms with Crippen LogP contribution in [-0.4, -0.2) is 69.0 Å². The first-order valence-electron chi connectivity index (χ1n) is 7.64. The second-order valence-electron chi connectivity index (χ2n) is 5.90. The zero-order chi connectivity index (χ0) is 17.0. The van der Waals surface area contributed by atoms with Gasteiger partial charge < -0.3 is 9.80 Å². The Labute approximate surface area is 137 Å². The lowest BCUT2D eigenvalue weighted by Crippen LogP contribution is -2.36. The Morgan fingerprint density at radius 2 is 1.70 bits per heavy atom. The van der Waals surface area contributed by atoms with Gasteiger partial charge in [0.2, 0.25) is 11.9 Å². The highest BCUT2D eigenvalue weighted by atomic mass is 32.2. The van der Waals surface area contributed by atoms with Crippen molar-refractivity contribution in [1.29, 1.82) is 0 Å². The Morgan fingerprint density at radius 3 is 2.26 bits per heavy atom. The lowest BCUT2D eigenvalue weighted by molar-refractivity contribution is 0.503. The number of piperidine rings is 1. The molecule has 0 saturated carbocycles. The molecule has 0 atom stereocenters. The summed E-state index contributed by atoms with van der Waals surface area (Å²) in [4.78, 5) is 17.2. The topological polar surface area (TPSA) is 94.6 Å². The molecule has 0 amide bonds. The third-order valence-electron chi connectivity index (χ3n) is 3.59. The van der Waals surface area contributed by atoms with Gasteiger partial charge in [-0.15, -0.1) is 0 Å². The van der Waals surface area contributed by atoms with Crippen molar-refractivity contribution >= 4 is 22.1 Å². The fourth-order valence-electron chi connectivity index (χ4n) is 2.19. The predicted octanol–water partition coefficient (Wildman–Crippen LogP) is -0.176. The molecule has 9 nitrogen and oxygen atoms in total. The predicted molar refractivity (Wildman–Crippen MR) is 89.7 cm³/mol. The molecule has 0 aliphatic carbocycles. The summed E-state index contributed by atoms with van der Waals surface area (Å²) < 4.78 is 27.3. The number of rotatable bonds is 6. The van der Waals surface area contributed by atoms with Crippen LogP contribution in [0, 0.1) is 0 Å². The number of nitrogens with one attached hydrogen (secondary N) is 1. The molecule has 2 heterocycles. The van der Waals surface area contributed by atoms with E-state index >= 15 is 0 Å². The molecule has 23 heavy (non-hydrogen) atoms. The van der Waals surface area contributed by atoms with Crippen LogP contribution in [0.4, 0.5) is 11.9 Å². The van der Waals surface area contributed by atoms with Gasteiger partial charge in [-0.3, -0.25) is 0 Å². The summed E-state index contributed by atoms with van der Waals surface area (Å²) in [7, 11) is 3.13. The van der Waals surface area contributed by atoms with Crippen LogP contribution in [0.3, 0.4) is 0 Å². The van der Waals surface area contributed by atoms with E-state index < -0.39 is 10.2 Å². The van der Waals surface area contributed by atoms with Crippen molar-refractivity contribution in [3.8, 4) is 0 Å². The third-order valence-corrected chi connectivity index (χ3v) is 5.06. The van der Waals surface area contributed by atoms with Crippen molar-refractivity contribution < 1.29 is 8.42 Å². The zero-order valence-electron chi connectivity index (χ0n) is 14.2. The van der Waals surface area contributed by atoms with Crippen LogP contribution in [0.2, 0.25) is 0 Å². The first kappa shape index (κ1) is 17.8. The Hall–Kier alpha value is -1.52. The van der Waals surface area contributed by atoms with Gasteiger partial charge in [0.15, 0.2) is 5.82 Å². The van der Waals surface area contributed by atoms with Gasteiger partial charge in [-0.1, -0.05) is 0 Å². The van der Waals surface area contributed by atoms with E-state index in [2.05, 4.69) is 24.6 Å². The van der Waals surface area contributed by atoms with Crippen molar-refractivity contribution in [1.82, 2.24) is 24.0 Å². The van der Waals surface area contributed by atoms with Crippen molar-refractivity contribution in [3.05, 3.63) is 5.82 Å². The molecule has 1 aliphatic heterocycles. The molecule has 2 rings (SSSR count). The normalized spacial score (nSPS) is 16.0. The minimum Gasteiger partial charge on any atom is -0.347 e. The molecule has 1 aliphatic rings. The van der Waals surface area contributed by atoms with E-state index in [1.807, 2.05) is 14.1 Å². The second kappa shape index (κ2) is 7.37. The van der Waals surface area contributed by atoms with E-state index in [-0.39, 0.29) is 6.54 Å². The van der Waals surface area contributed by atoms with Crippen molar-refractivity contribution in [3.63, 3.8) is 0 Å². The van der Waals surface area contributed by atoms with Gasteiger partial charge in [-0.2, -0.15) is 32.4 Å². The molecule has 0 bridgehead atoms. The van der Waals surface area contributed by atoms with E-state index in [1.54, 1.807) is 4.90 Å². The van der Waals surface area contributed by atoms with Gasteiger partial charge in [0.1, 0.15) is 0 Å². The van der Waals surface area contributed by atoms with E-state index in [0.717, 1.165) is 30.2 Å². The number of nitrogens with zero attached hydrogens (tertiary/aromatic N) is 6. The minimum absolute atomic E-state index is 0.0325. The molecule has 10 heteroatoms. The maximum Gasteiger partial charge on any atom is 0.279 e. The molecule has 0 radical (unpaired) electrons. The molecule has 0 aromatic carbocycles. The largest absolute Gasteiger partial charge is 0.347 e. The lowest BCUT2D eigenvalue weighted by Gasteiger charge is -2.27. The molecule has 0 spiro atoms. The van der Waals surface area contributed by atoms with E-state index in [4.69, 9.17) is 0 Å². The molecule has 0 unspecified atom stereocenters. The fourth-order valence-corrected chi connectivity index (χ4v) is 2.76. The smallest absolute Gasteiger partial charge is 0.279 e. The highest BCUT2D eigenvalue weighted by molar-refractivity contribution is 7.87. The second-order valence-corrected chi connectivity index (χ2v) is 7.87. The number of aromatic nitrogens is 3. The molecule has 130 valence electrons. The summed E-state index contributed by atoms with van der Waals surface area (Å²) in [5.41, 5.74) is 0. The number of anilines is 2. The van der Waals surface area contributed by atoms with Gasteiger partial charge in [0, 0.05) is 41.3 Å². The van der Waals surface area contributed by atoms with Crippen LogP contribution < -0.4 is 14.5 Å². The molecule has 1 aromatic rings. The van der Waals surface area contributed by atoms with Crippen LogP contribution in [0.25, 0.3) is 0 Å². The highest BCUT2D eigenvalue weighted by Gasteiger charge is 2.18. The van der Waals surface area contributed by atoms with Gasteiger partial charge in [-0.25, -0.2) is 0 Å². The molecule has 1 aromatic heterocycles. The fraction of sp³-hybridized carbons (Fsp3) is 0.769. The van der Waals surface area contributed by atoms with Crippen molar-refractivity contribution in [2.24, 2.45) is 0 Å². The van der Waals surface area contributed by atoms with E-state index in [0.29, 0.717) is 17.7 Å². The first-order chi connectivity index (χ1) is 10.8. The maximum absolute atomic E-state index is 11.8. The van der Waals surface area contributed by atoms with Crippen LogP contribution >= 0.6 is 0 Å². The first-order valence-corrected chi connectivity index (χ1v) is 9.08. The van der Waals surface area contributed by atoms with Gasteiger partial charge >= 0.3 is 0 Å². The Bertz CT molecular complexity index is 627. The molecule has 1 fully saturated rings. The molecule has 1 N–H and O–H groups in total. The third kappa shape index (κ3) is 4.72. The number of hydrogen-bond donors (Lipinski definition) is 1. The van der Waals surface area contributed by atoms with Gasteiger partial charge in [0.05, 0.1) is 6.54 Å². The summed E-state index contributed by atoms with van der Waals surface area (Å²) in [6.07, 6.45) is 3.45. The minimum atomic E-state index is -3.51. The van der Waals surface area contributed by atoms with E-state index in [9.17, 15) is 8.42 Å². The van der Waals surface area contributed by atoms with E-state index in [1.165, 1.54) is 20.5 Å². The maximum atomic E-state index is 11.8. The summed E-state index contributed by atoms with van der Waals surface area (Å²) in [5, 5.41) is 0.